The number of benzene rings is 2. The molecule has 2 aliphatic heterocycles. The molecular formula is C19H20N2O3S2. The number of para-hydroxylation sites is 1. The van der Waals surface area contributed by atoms with Gasteiger partial charge < -0.3 is 5.32 Å². The van der Waals surface area contributed by atoms with Crippen LogP contribution >= 0.6 is 11.8 Å². The van der Waals surface area contributed by atoms with Crippen molar-refractivity contribution in [3.05, 3.63) is 48.0 Å². The monoisotopic (exact) mass is 388 g/mol. The molecule has 4 rings (SSSR count). The van der Waals surface area contributed by atoms with E-state index in [-0.39, 0.29) is 22.1 Å². The zero-order valence-electron chi connectivity index (χ0n) is 14.6. The van der Waals surface area contributed by atoms with E-state index in [1.807, 2.05) is 31.2 Å². The van der Waals surface area contributed by atoms with Gasteiger partial charge in [0.1, 0.15) is 0 Å². The van der Waals surface area contributed by atoms with Crippen molar-refractivity contribution in [2.45, 2.75) is 47.8 Å². The van der Waals surface area contributed by atoms with E-state index in [9.17, 15) is 13.2 Å². The standard InChI is InChI=1S/C19H20N2O3S2/c1-12-13(2)25-18-6-4-3-5-17(18)21(12)26(23,24)15-8-9-16-14(11-15)7-10-19(22)20-16/h3-6,8-9,11-13H,7,10H2,1-2H3,(H,20,22). The lowest BCUT2D eigenvalue weighted by atomic mass is 10.0. The number of nitrogens with zero attached hydrogens (tertiary/aromatic N) is 1. The fraction of sp³-hybridized carbons (Fsp3) is 0.316. The van der Waals surface area contributed by atoms with Gasteiger partial charge in [0.05, 0.1) is 16.6 Å². The molecule has 7 heteroatoms. The van der Waals surface area contributed by atoms with Gasteiger partial charge in [-0.2, -0.15) is 0 Å². The SMILES string of the molecule is CC1Sc2ccccc2N(S(=O)(=O)c2ccc3c(c2)CCC(=O)N3)C1C. The molecule has 0 aliphatic carbocycles. The van der Waals surface area contributed by atoms with E-state index in [1.165, 1.54) is 0 Å². The van der Waals surface area contributed by atoms with Crippen molar-refractivity contribution in [3.8, 4) is 0 Å². The van der Waals surface area contributed by atoms with Crippen LogP contribution in [0.5, 0.6) is 0 Å². The molecule has 0 saturated carbocycles. The van der Waals surface area contributed by atoms with Gasteiger partial charge in [0, 0.05) is 22.3 Å². The van der Waals surface area contributed by atoms with Crippen molar-refractivity contribution < 1.29 is 13.2 Å². The van der Waals surface area contributed by atoms with Crippen molar-refractivity contribution in [2.24, 2.45) is 0 Å². The molecule has 0 spiro atoms. The number of aryl methyl sites for hydroxylation is 1. The van der Waals surface area contributed by atoms with Crippen LogP contribution in [0.2, 0.25) is 0 Å². The maximum atomic E-state index is 13.5. The highest BCUT2D eigenvalue weighted by Gasteiger charge is 2.38. The van der Waals surface area contributed by atoms with Crippen LogP contribution in [-0.2, 0) is 21.2 Å². The van der Waals surface area contributed by atoms with Gasteiger partial charge in [-0.05, 0) is 49.2 Å². The minimum atomic E-state index is -3.70. The summed E-state index contributed by atoms with van der Waals surface area (Å²) in [6.07, 6.45) is 0.941. The maximum Gasteiger partial charge on any atom is 0.264 e. The summed E-state index contributed by atoms with van der Waals surface area (Å²) in [6, 6.07) is 12.4. The first-order valence-electron chi connectivity index (χ1n) is 8.61. The molecule has 2 aliphatic rings. The number of sulfonamides is 1. The smallest absolute Gasteiger partial charge is 0.264 e. The van der Waals surface area contributed by atoms with Gasteiger partial charge in [-0.25, -0.2) is 8.42 Å². The van der Waals surface area contributed by atoms with E-state index < -0.39 is 10.0 Å². The Kier molecular flexibility index (Phi) is 4.23. The summed E-state index contributed by atoms with van der Waals surface area (Å²) in [5, 5.41) is 2.95. The molecule has 136 valence electrons. The molecule has 26 heavy (non-hydrogen) atoms. The van der Waals surface area contributed by atoms with Crippen LogP contribution < -0.4 is 9.62 Å². The third kappa shape index (κ3) is 2.79. The van der Waals surface area contributed by atoms with Crippen LogP contribution in [0, 0.1) is 0 Å². The number of nitrogens with one attached hydrogen (secondary N) is 1. The first-order valence-corrected chi connectivity index (χ1v) is 10.9. The van der Waals surface area contributed by atoms with Crippen LogP contribution in [-0.4, -0.2) is 25.6 Å². The first-order chi connectivity index (χ1) is 12.4. The minimum Gasteiger partial charge on any atom is -0.326 e. The van der Waals surface area contributed by atoms with E-state index in [4.69, 9.17) is 0 Å². The zero-order chi connectivity index (χ0) is 18.5. The second-order valence-corrected chi connectivity index (χ2v) is 9.93. The van der Waals surface area contributed by atoms with Crippen molar-refractivity contribution in [2.75, 3.05) is 9.62 Å². The molecule has 2 aromatic rings. The molecule has 0 radical (unpaired) electrons. The van der Waals surface area contributed by atoms with E-state index in [0.29, 0.717) is 18.5 Å². The van der Waals surface area contributed by atoms with Crippen molar-refractivity contribution >= 4 is 39.1 Å². The predicted molar refractivity (Wildman–Crippen MR) is 104 cm³/mol. The summed E-state index contributed by atoms with van der Waals surface area (Å²) in [4.78, 5) is 12.8. The van der Waals surface area contributed by atoms with Gasteiger partial charge in [0.25, 0.3) is 10.0 Å². The van der Waals surface area contributed by atoms with E-state index in [0.717, 1.165) is 16.1 Å². The van der Waals surface area contributed by atoms with Gasteiger partial charge in [-0.1, -0.05) is 19.1 Å². The lowest BCUT2D eigenvalue weighted by molar-refractivity contribution is -0.116. The second-order valence-electron chi connectivity index (χ2n) is 6.70. The number of rotatable bonds is 2. The average molecular weight is 389 g/mol. The molecular weight excluding hydrogens is 368 g/mol. The molecule has 0 saturated heterocycles. The van der Waals surface area contributed by atoms with Crippen LogP contribution in [0.1, 0.15) is 25.8 Å². The summed E-state index contributed by atoms with van der Waals surface area (Å²) < 4.78 is 28.5. The quantitative estimate of drug-likeness (QED) is 0.853. The van der Waals surface area contributed by atoms with Crippen LogP contribution in [0.15, 0.2) is 52.3 Å². The van der Waals surface area contributed by atoms with Gasteiger partial charge in [0.2, 0.25) is 5.91 Å². The normalized spacial score (nSPS) is 22.4. The molecule has 0 bridgehead atoms. The molecule has 0 aromatic heterocycles. The highest BCUT2D eigenvalue weighted by molar-refractivity contribution is 8.00. The van der Waals surface area contributed by atoms with Crippen LogP contribution in [0.25, 0.3) is 0 Å². The molecule has 2 heterocycles. The molecule has 2 aromatic carbocycles. The Morgan fingerprint density at radius 1 is 1.12 bits per heavy atom. The van der Waals surface area contributed by atoms with E-state index in [1.54, 1.807) is 34.3 Å². The van der Waals surface area contributed by atoms with E-state index >= 15 is 0 Å². The van der Waals surface area contributed by atoms with Gasteiger partial charge in [-0.3, -0.25) is 9.10 Å². The molecule has 1 N–H and O–H groups in total. The number of thioether (sulfide) groups is 1. The fourth-order valence-electron chi connectivity index (χ4n) is 3.43. The number of hydrogen-bond acceptors (Lipinski definition) is 4. The van der Waals surface area contributed by atoms with Gasteiger partial charge >= 0.3 is 0 Å². The fourth-order valence-corrected chi connectivity index (χ4v) is 6.52. The Bertz CT molecular complexity index is 988. The predicted octanol–water partition coefficient (Wildman–Crippen LogP) is 3.65. The molecule has 2 unspecified atom stereocenters. The Labute approximate surface area is 157 Å². The maximum absolute atomic E-state index is 13.5. The van der Waals surface area contributed by atoms with Crippen molar-refractivity contribution in [1.82, 2.24) is 0 Å². The molecule has 2 atom stereocenters. The largest absolute Gasteiger partial charge is 0.326 e. The number of carbonyl (C=O) groups is 1. The highest BCUT2D eigenvalue weighted by atomic mass is 32.2. The zero-order valence-corrected chi connectivity index (χ0v) is 16.2. The second kappa shape index (κ2) is 6.32. The van der Waals surface area contributed by atoms with E-state index in [2.05, 4.69) is 12.2 Å². The molecule has 0 fully saturated rings. The van der Waals surface area contributed by atoms with Crippen molar-refractivity contribution in [3.63, 3.8) is 0 Å². The molecule has 1 amide bonds. The average Bonchev–Trinajstić information content (AvgIpc) is 2.62. The summed E-state index contributed by atoms with van der Waals surface area (Å²) in [7, 11) is -3.70. The summed E-state index contributed by atoms with van der Waals surface area (Å²) in [5.41, 5.74) is 2.30. The lowest BCUT2D eigenvalue weighted by Crippen LogP contribution is -2.46. The number of amides is 1. The summed E-state index contributed by atoms with van der Waals surface area (Å²) in [6.45, 7) is 4.00. The third-order valence-corrected chi connectivity index (χ3v) is 8.26. The first kappa shape index (κ1) is 17.4. The highest BCUT2D eigenvalue weighted by Crippen LogP contribution is 2.44. The van der Waals surface area contributed by atoms with Gasteiger partial charge in [-0.15, -0.1) is 11.8 Å². The Morgan fingerprint density at radius 2 is 1.88 bits per heavy atom. The number of hydrogen-bond donors (Lipinski definition) is 1. The summed E-state index contributed by atoms with van der Waals surface area (Å²) >= 11 is 1.70. The third-order valence-electron chi connectivity index (χ3n) is 4.99. The molecule has 5 nitrogen and oxygen atoms in total. The number of fused-ring (bicyclic) bond motifs is 2. The number of anilines is 2. The Morgan fingerprint density at radius 3 is 2.69 bits per heavy atom. The van der Waals surface area contributed by atoms with Crippen molar-refractivity contribution in [1.29, 1.82) is 0 Å². The Hall–Kier alpha value is -1.99. The van der Waals surface area contributed by atoms with Gasteiger partial charge in [0.15, 0.2) is 0 Å². The van der Waals surface area contributed by atoms with Crippen LogP contribution in [0.4, 0.5) is 11.4 Å². The lowest BCUT2D eigenvalue weighted by Gasteiger charge is -2.39. The summed E-state index contributed by atoms with van der Waals surface area (Å²) in [5.74, 6) is -0.0301. The number of carbonyl (C=O) groups excluding carboxylic acids is 1. The minimum absolute atomic E-state index is 0.0301. The van der Waals surface area contributed by atoms with Crippen LogP contribution in [0.3, 0.4) is 0 Å². The Balaban J connectivity index is 1.81. The topological polar surface area (TPSA) is 66.5 Å².